The van der Waals surface area contributed by atoms with E-state index in [2.05, 4.69) is 10.1 Å². The Balaban J connectivity index is 1.74. The molecule has 0 bridgehead atoms. The highest BCUT2D eigenvalue weighted by Gasteiger charge is 2.15. The fourth-order valence-electron chi connectivity index (χ4n) is 2.54. The van der Waals surface area contributed by atoms with Gasteiger partial charge >= 0.3 is 5.69 Å². The SMILES string of the molecule is O=c1n(Cc2cc(F)ccc2F)nc2c(Oc3ccc(F)cc3)nccn12. The van der Waals surface area contributed by atoms with Crippen LogP contribution in [-0.2, 0) is 6.54 Å². The molecule has 9 heteroatoms. The number of ether oxygens (including phenoxy) is 1. The normalized spacial score (nSPS) is 11.1. The molecule has 4 aromatic rings. The maximum atomic E-state index is 13.9. The van der Waals surface area contributed by atoms with E-state index in [-0.39, 0.29) is 23.6 Å². The average molecular weight is 372 g/mol. The van der Waals surface area contributed by atoms with Crippen molar-refractivity contribution in [2.45, 2.75) is 6.54 Å². The van der Waals surface area contributed by atoms with Crippen LogP contribution in [0.1, 0.15) is 5.56 Å². The third-order valence-corrected chi connectivity index (χ3v) is 3.83. The number of hydrogen-bond acceptors (Lipinski definition) is 4. The van der Waals surface area contributed by atoms with Crippen LogP contribution in [0.4, 0.5) is 13.2 Å². The predicted octanol–water partition coefficient (Wildman–Crippen LogP) is 3.15. The molecule has 0 unspecified atom stereocenters. The fraction of sp³-hybridized carbons (Fsp3) is 0.0556. The van der Waals surface area contributed by atoms with E-state index in [1.165, 1.54) is 41.1 Å². The van der Waals surface area contributed by atoms with Crippen LogP contribution in [0, 0.1) is 17.5 Å². The molecule has 0 spiro atoms. The van der Waals surface area contributed by atoms with Crippen LogP contribution in [-0.4, -0.2) is 19.2 Å². The molecule has 0 aliphatic rings. The number of halogens is 3. The van der Waals surface area contributed by atoms with Crippen LogP contribution in [0.5, 0.6) is 11.6 Å². The molecule has 0 aliphatic carbocycles. The standard InChI is InChI=1S/C18H11F3N4O2/c19-12-1-4-14(5-2-12)27-17-16-23-25(18(26)24(16)8-7-22-17)10-11-9-13(20)3-6-15(11)21/h1-9H,10H2. The first-order valence-corrected chi connectivity index (χ1v) is 7.83. The number of benzene rings is 2. The molecule has 2 aromatic carbocycles. The quantitative estimate of drug-likeness (QED) is 0.552. The highest BCUT2D eigenvalue weighted by molar-refractivity contribution is 5.49. The topological polar surface area (TPSA) is 61.4 Å². The summed E-state index contributed by atoms with van der Waals surface area (Å²) in [5.74, 6) is -1.38. The second-order valence-electron chi connectivity index (χ2n) is 5.66. The third-order valence-electron chi connectivity index (χ3n) is 3.83. The number of fused-ring (bicyclic) bond motifs is 1. The molecule has 0 N–H and O–H groups in total. The summed E-state index contributed by atoms with van der Waals surface area (Å²) in [6.07, 6.45) is 2.71. The zero-order valence-corrected chi connectivity index (χ0v) is 13.6. The van der Waals surface area contributed by atoms with Crippen LogP contribution < -0.4 is 10.4 Å². The van der Waals surface area contributed by atoms with Gasteiger partial charge in [0, 0.05) is 18.0 Å². The first-order chi connectivity index (χ1) is 13.0. The molecule has 6 nitrogen and oxygen atoms in total. The van der Waals surface area contributed by atoms with Crippen molar-refractivity contribution in [3.63, 3.8) is 0 Å². The molecule has 0 saturated heterocycles. The van der Waals surface area contributed by atoms with Gasteiger partial charge in [-0.3, -0.25) is 0 Å². The highest BCUT2D eigenvalue weighted by Crippen LogP contribution is 2.22. The summed E-state index contributed by atoms with van der Waals surface area (Å²) in [6.45, 7) is -0.264. The van der Waals surface area contributed by atoms with Crippen LogP contribution >= 0.6 is 0 Å². The smallest absolute Gasteiger partial charge is 0.350 e. The first-order valence-electron chi connectivity index (χ1n) is 7.83. The Hall–Kier alpha value is -3.62. The van der Waals surface area contributed by atoms with Gasteiger partial charge in [0.15, 0.2) is 0 Å². The van der Waals surface area contributed by atoms with Gasteiger partial charge in [-0.05, 0) is 42.5 Å². The predicted molar refractivity (Wildman–Crippen MR) is 89.2 cm³/mol. The van der Waals surface area contributed by atoms with Crippen molar-refractivity contribution in [1.82, 2.24) is 19.2 Å². The molecule has 0 saturated carbocycles. The van der Waals surface area contributed by atoms with Crippen LogP contribution in [0.2, 0.25) is 0 Å². The fourth-order valence-corrected chi connectivity index (χ4v) is 2.54. The first kappa shape index (κ1) is 16.8. The Morgan fingerprint density at radius 3 is 2.52 bits per heavy atom. The molecule has 0 radical (unpaired) electrons. The molecule has 0 fully saturated rings. The number of aromatic nitrogens is 4. The molecule has 4 rings (SSSR count). The Kier molecular flexibility index (Phi) is 4.11. The lowest BCUT2D eigenvalue weighted by Gasteiger charge is -2.04. The van der Waals surface area contributed by atoms with Gasteiger partial charge in [0.1, 0.15) is 23.2 Å². The lowest BCUT2D eigenvalue weighted by atomic mass is 10.2. The monoisotopic (exact) mass is 372 g/mol. The van der Waals surface area contributed by atoms with Gasteiger partial charge in [0.05, 0.1) is 6.54 Å². The van der Waals surface area contributed by atoms with Crippen molar-refractivity contribution in [1.29, 1.82) is 0 Å². The van der Waals surface area contributed by atoms with Crippen LogP contribution in [0.3, 0.4) is 0 Å². The van der Waals surface area contributed by atoms with E-state index < -0.39 is 23.1 Å². The summed E-state index contributed by atoms with van der Waals surface area (Å²) in [4.78, 5) is 16.5. The molecular weight excluding hydrogens is 361 g/mol. The molecule has 27 heavy (non-hydrogen) atoms. The van der Waals surface area contributed by atoms with Crippen LogP contribution in [0.25, 0.3) is 5.65 Å². The van der Waals surface area contributed by atoms with E-state index in [1.807, 2.05) is 0 Å². The van der Waals surface area contributed by atoms with Crippen molar-refractivity contribution in [2.24, 2.45) is 0 Å². The van der Waals surface area contributed by atoms with Gasteiger partial charge in [-0.2, -0.15) is 0 Å². The third kappa shape index (κ3) is 3.26. The minimum atomic E-state index is -0.652. The molecule has 136 valence electrons. The minimum Gasteiger partial charge on any atom is -0.436 e. The Labute approximate surface area is 150 Å². The summed E-state index contributed by atoms with van der Waals surface area (Å²) in [6, 6.07) is 8.20. The molecular formula is C18H11F3N4O2. The van der Waals surface area contributed by atoms with E-state index in [4.69, 9.17) is 4.74 Å². The van der Waals surface area contributed by atoms with Crippen molar-refractivity contribution in [3.8, 4) is 11.6 Å². The van der Waals surface area contributed by atoms with E-state index in [0.29, 0.717) is 5.75 Å². The van der Waals surface area contributed by atoms with Crippen molar-refractivity contribution in [2.75, 3.05) is 0 Å². The van der Waals surface area contributed by atoms with Gasteiger partial charge in [-0.1, -0.05) is 0 Å². The summed E-state index contributed by atoms with van der Waals surface area (Å²) in [5.41, 5.74) is -0.502. The van der Waals surface area contributed by atoms with E-state index in [1.54, 1.807) is 0 Å². The average Bonchev–Trinajstić information content (AvgIpc) is 2.97. The maximum Gasteiger partial charge on any atom is 0.350 e. The zero-order valence-electron chi connectivity index (χ0n) is 13.6. The lowest BCUT2D eigenvalue weighted by Crippen LogP contribution is -2.22. The molecule has 2 heterocycles. The van der Waals surface area contributed by atoms with Crippen molar-refractivity contribution >= 4 is 5.65 Å². The van der Waals surface area contributed by atoms with Gasteiger partial charge in [-0.15, -0.1) is 5.10 Å². The number of rotatable bonds is 4. The number of nitrogens with zero attached hydrogens (tertiary/aromatic N) is 4. The Bertz CT molecular complexity index is 1190. The maximum absolute atomic E-state index is 13.9. The van der Waals surface area contributed by atoms with Gasteiger partial charge in [0.25, 0.3) is 5.88 Å². The summed E-state index contributed by atoms with van der Waals surface area (Å²) in [7, 11) is 0. The van der Waals surface area contributed by atoms with E-state index in [9.17, 15) is 18.0 Å². The largest absolute Gasteiger partial charge is 0.436 e. The number of hydrogen-bond donors (Lipinski definition) is 0. The second kappa shape index (κ2) is 6.60. The Morgan fingerprint density at radius 1 is 1.00 bits per heavy atom. The zero-order chi connectivity index (χ0) is 19.0. The minimum absolute atomic E-state index is 0.0136. The summed E-state index contributed by atoms with van der Waals surface area (Å²) in [5, 5.41) is 4.11. The van der Waals surface area contributed by atoms with Crippen molar-refractivity contribution < 1.29 is 17.9 Å². The second-order valence-corrected chi connectivity index (χ2v) is 5.66. The van der Waals surface area contributed by atoms with Gasteiger partial charge < -0.3 is 4.74 Å². The van der Waals surface area contributed by atoms with Gasteiger partial charge in [-0.25, -0.2) is 32.0 Å². The molecule has 0 aliphatic heterocycles. The van der Waals surface area contributed by atoms with Crippen LogP contribution in [0.15, 0.2) is 59.7 Å². The molecule has 0 atom stereocenters. The lowest BCUT2D eigenvalue weighted by molar-refractivity contribution is 0.462. The Morgan fingerprint density at radius 2 is 1.74 bits per heavy atom. The molecule has 0 amide bonds. The summed E-state index contributed by atoms with van der Waals surface area (Å²) >= 11 is 0. The van der Waals surface area contributed by atoms with Crippen molar-refractivity contribution in [3.05, 3.63) is 88.4 Å². The van der Waals surface area contributed by atoms with E-state index in [0.717, 1.165) is 22.9 Å². The van der Waals surface area contributed by atoms with Gasteiger partial charge in [0.2, 0.25) is 5.65 Å². The van der Waals surface area contributed by atoms with E-state index >= 15 is 0 Å². The molecule has 2 aromatic heterocycles. The summed E-state index contributed by atoms with van der Waals surface area (Å²) < 4.78 is 47.9. The highest BCUT2D eigenvalue weighted by atomic mass is 19.1.